The molecule has 3 atom stereocenters. The fourth-order valence-corrected chi connectivity index (χ4v) is 2.84. The second-order valence-electron chi connectivity index (χ2n) is 6.34. The summed E-state index contributed by atoms with van der Waals surface area (Å²) in [6, 6.07) is 18.6. The van der Waals surface area contributed by atoms with Gasteiger partial charge in [0.15, 0.2) is 0 Å². The highest BCUT2D eigenvalue weighted by Gasteiger charge is 2.41. The first kappa shape index (κ1) is 19.5. The molecule has 0 fully saturated rings. The van der Waals surface area contributed by atoms with Crippen molar-refractivity contribution >= 4 is 0 Å². The van der Waals surface area contributed by atoms with Crippen molar-refractivity contribution in [3.05, 3.63) is 83.6 Å². The van der Waals surface area contributed by atoms with Gasteiger partial charge in [-0.15, -0.1) is 0 Å². The molecule has 3 nitrogen and oxygen atoms in total. The van der Waals surface area contributed by atoms with Crippen LogP contribution in [0.1, 0.15) is 30.6 Å². The number of hydrogen-bond acceptors (Lipinski definition) is 3. The molecule has 1 aliphatic rings. The fourth-order valence-electron chi connectivity index (χ4n) is 2.84. The molecular weight excluding hydrogens is 357 g/mol. The first-order valence-electron chi connectivity index (χ1n) is 8.73. The molecule has 0 aliphatic carbocycles. The average Bonchev–Trinajstić information content (AvgIpc) is 2.67. The molecule has 1 heterocycles. The van der Waals surface area contributed by atoms with Gasteiger partial charge in [-0.05, 0) is 24.1 Å². The molecule has 0 aromatic heterocycles. The van der Waals surface area contributed by atoms with E-state index in [1.807, 2.05) is 67.6 Å². The van der Waals surface area contributed by atoms with Gasteiger partial charge in [0, 0.05) is 6.42 Å². The molecule has 0 saturated carbocycles. The third kappa shape index (κ3) is 5.58. The quantitative estimate of drug-likeness (QED) is 0.660. The second kappa shape index (κ2) is 8.59. The average molecular weight is 378 g/mol. The van der Waals surface area contributed by atoms with Gasteiger partial charge in [0.05, 0.1) is 18.8 Å². The summed E-state index contributed by atoms with van der Waals surface area (Å²) in [6.07, 6.45) is -5.56. The van der Waals surface area contributed by atoms with E-state index in [1.54, 1.807) is 0 Å². The Morgan fingerprint density at radius 3 is 2.30 bits per heavy atom. The molecule has 0 bridgehead atoms. The molecule has 0 unspecified atom stereocenters. The zero-order chi connectivity index (χ0) is 19.3. The first-order valence-corrected chi connectivity index (χ1v) is 8.73. The summed E-state index contributed by atoms with van der Waals surface area (Å²) in [4.78, 5) is 0. The van der Waals surface area contributed by atoms with E-state index in [9.17, 15) is 13.2 Å². The lowest BCUT2D eigenvalue weighted by molar-refractivity contribution is -0.210. The number of allylic oxidation sites excluding steroid dienone is 1. The van der Waals surface area contributed by atoms with Crippen LogP contribution >= 0.6 is 0 Å². The molecule has 0 N–H and O–H groups in total. The van der Waals surface area contributed by atoms with Crippen LogP contribution < -0.4 is 0 Å². The minimum atomic E-state index is -4.59. The number of halogens is 3. The van der Waals surface area contributed by atoms with E-state index in [4.69, 9.17) is 14.2 Å². The summed E-state index contributed by atoms with van der Waals surface area (Å²) in [5.74, 6) is -1.07. The van der Waals surface area contributed by atoms with Crippen LogP contribution in [0.25, 0.3) is 0 Å². The fraction of sp³-hybridized carbons (Fsp3) is 0.333. The standard InChI is InChI=1S/C21H21F3O3/c1-15(17-10-6-3-7-11-17)26-18-12-19(21(22,23)24)27-20(13-18)25-14-16-8-4-2-5-9-16/h2-12,15,18,20H,13-14H2,1H3/t15-,18+,20-/m1/s1. The van der Waals surface area contributed by atoms with E-state index < -0.39 is 24.3 Å². The van der Waals surface area contributed by atoms with Gasteiger partial charge in [0.1, 0.15) is 0 Å². The Morgan fingerprint density at radius 1 is 1.04 bits per heavy atom. The molecule has 27 heavy (non-hydrogen) atoms. The van der Waals surface area contributed by atoms with E-state index in [0.717, 1.165) is 17.2 Å². The van der Waals surface area contributed by atoms with Crippen molar-refractivity contribution in [3.63, 3.8) is 0 Å². The zero-order valence-electron chi connectivity index (χ0n) is 14.9. The largest absolute Gasteiger partial charge is 0.460 e. The lowest BCUT2D eigenvalue weighted by atomic mass is 10.1. The second-order valence-corrected chi connectivity index (χ2v) is 6.34. The monoisotopic (exact) mass is 378 g/mol. The molecular formula is C21H21F3O3. The van der Waals surface area contributed by atoms with E-state index in [-0.39, 0.29) is 19.1 Å². The van der Waals surface area contributed by atoms with Gasteiger partial charge in [0.25, 0.3) is 0 Å². The van der Waals surface area contributed by atoms with Crippen molar-refractivity contribution in [2.45, 2.75) is 44.6 Å². The van der Waals surface area contributed by atoms with Crippen molar-refractivity contribution in [2.24, 2.45) is 0 Å². The van der Waals surface area contributed by atoms with Crippen LogP contribution in [0, 0.1) is 0 Å². The Balaban J connectivity index is 1.68. The van der Waals surface area contributed by atoms with Gasteiger partial charge in [-0.25, -0.2) is 0 Å². The molecule has 1 aliphatic heterocycles. The smallest absolute Gasteiger partial charge is 0.448 e. The molecule has 3 rings (SSSR count). The molecule has 6 heteroatoms. The van der Waals surface area contributed by atoms with Crippen LogP contribution in [0.2, 0.25) is 0 Å². The van der Waals surface area contributed by atoms with Gasteiger partial charge >= 0.3 is 6.18 Å². The molecule has 0 spiro atoms. The van der Waals surface area contributed by atoms with Crippen LogP contribution in [-0.2, 0) is 20.8 Å². The van der Waals surface area contributed by atoms with Gasteiger partial charge in [-0.1, -0.05) is 60.7 Å². The maximum Gasteiger partial charge on any atom is 0.448 e. The van der Waals surface area contributed by atoms with Crippen molar-refractivity contribution in [2.75, 3.05) is 0 Å². The normalized spacial score (nSPS) is 21.3. The van der Waals surface area contributed by atoms with Crippen LogP contribution in [0.5, 0.6) is 0 Å². The van der Waals surface area contributed by atoms with Crippen LogP contribution in [0.3, 0.4) is 0 Å². The highest BCUT2D eigenvalue weighted by Crippen LogP contribution is 2.34. The summed E-state index contributed by atoms with van der Waals surface area (Å²) in [6.45, 7) is 1.98. The van der Waals surface area contributed by atoms with Crippen molar-refractivity contribution in [1.29, 1.82) is 0 Å². The molecule has 0 radical (unpaired) electrons. The Kier molecular flexibility index (Phi) is 6.19. The number of alkyl halides is 3. The van der Waals surface area contributed by atoms with Gasteiger partial charge in [-0.2, -0.15) is 13.2 Å². The van der Waals surface area contributed by atoms with Crippen molar-refractivity contribution in [3.8, 4) is 0 Å². The van der Waals surface area contributed by atoms with Crippen molar-refractivity contribution < 1.29 is 27.4 Å². The molecule has 0 saturated heterocycles. The van der Waals surface area contributed by atoms with E-state index in [1.165, 1.54) is 0 Å². The minimum Gasteiger partial charge on any atom is -0.460 e. The molecule has 2 aromatic carbocycles. The predicted octanol–water partition coefficient (Wildman–Crippen LogP) is 5.54. The van der Waals surface area contributed by atoms with Gasteiger partial charge in [0.2, 0.25) is 12.0 Å². The Morgan fingerprint density at radius 2 is 1.67 bits per heavy atom. The summed E-state index contributed by atoms with van der Waals surface area (Å²) in [5.41, 5.74) is 1.76. The van der Waals surface area contributed by atoms with E-state index >= 15 is 0 Å². The minimum absolute atomic E-state index is 0.164. The van der Waals surface area contributed by atoms with E-state index in [0.29, 0.717) is 0 Å². The SMILES string of the molecule is C[C@@H](O[C@H]1C=C(C(F)(F)F)O[C@@H](OCc2ccccc2)C1)c1ccccc1. The lowest BCUT2D eigenvalue weighted by Gasteiger charge is -2.31. The third-order valence-corrected chi connectivity index (χ3v) is 4.23. The van der Waals surface area contributed by atoms with Crippen LogP contribution in [0.15, 0.2) is 72.5 Å². The molecule has 2 aromatic rings. The van der Waals surface area contributed by atoms with Gasteiger partial charge < -0.3 is 14.2 Å². The third-order valence-electron chi connectivity index (χ3n) is 4.23. The highest BCUT2D eigenvalue weighted by atomic mass is 19.4. The van der Waals surface area contributed by atoms with E-state index in [2.05, 4.69) is 0 Å². The van der Waals surface area contributed by atoms with Crippen LogP contribution in [0.4, 0.5) is 13.2 Å². The molecule has 144 valence electrons. The topological polar surface area (TPSA) is 27.7 Å². The van der Waals surface area contributed by atoms with Crippen molar-refractivity contribution in [1.82, 2.24) is 0 Å². The summed E-state index contributed by atoms with van der Waals surface area (Å²) < 4.78 is 56.1. The summed E-state index contributed by atoms with van der Waals surface area (Å²) in [5, 5.41) is 0. The van der Waals surface area contributed by atoms with Crippen LogP contribution in [-0.4, -0.2) is 18.6 Å². The first-order chi connectivity index (χ1) is 12.9. The predicted molar refractivity (Wildman–Crippen MR) is 94.6 cm³/mol. The Labute approximate surface area is 156 Å². The number of hydrogen-bond donors (Lipinski definition) is 0. The zero-order valence-corrected chi connectivity index (χ0v) is 14.9. The molecule has 0 amide bonds. The lowest BCUT2D eigenvalue weighted by Crippen LogP contribution is -2.34. The summed E-state index contributed by atoms with van der Waals surface area (Å²) >= 11 is 0. The van der Waals surface area contributed by atoms with Gasteiger partial charge in [-0.3, -0.25) is 0 Å². The number of rotatable bonds is 6. The Bertz CT molecular complexity index is 744. The highest BCUT2D eigenvalue weighted by molar-refractivity contribution is 5.17. The Hall–Kier alpha value is -2.31. The maximum absolute atomic E-state index is 13.2. The number of ether oxygens (including phenoxy) is 3. The summed E-state index contributed by atoms with van der Waals surface area (Å²) in [7, 11) is 0. The number of benzene rings is 2. The maximum atomic E-state index is 13.2.